The molecule has 1 heteroatoms. The van der Waals surface area contributed by atoms with E-state index in [4.69, 9.17) is 5.73 Å². The summed E-state index contributed by atoms with van der Waals surface area (Å²) >= 11 is 0. The fraction of sp³-hybridized carbons (Fsp3) is 1.00. The van der Waals surface area contributed by atoms with Gasteiger partial charge in [-0.25, -0.2) is 0 Å². The molecule has 0 spiro atoms. The summed E-state index contributed by atoms with van der Waals surface area (Å²) in [6.07, 6.45) is 10.9. The molecule has 15 heavy (non-hydrogen) atoms. The maximum atomic E-state index is 6.66. The average molecular weight is 209 g/mol. The van der Waals surface area contributed by atoms with Gasteiger partial charge in [0.15, 0.2) is 0 Å². The Morgan fingerprint density at radius 1 is 0.867 bits per heavy atom. The van der Waals surface area contributed by atoms with Crippen molar-refractivity contribution in [1.29, 1.82) is 0 Å². The highest BCUT2D eigenvalue weighted by Gasteiger charge is 2.39. The summed E-state index contributed by atoms with van der Waals surface area (Å²) in [6, 6.07) is 0. The highest BCUT2D eigenvalue weighted by molar-refractivity contribution is 4.96. The van der Waals surface area contributed by atoms with E-state index < -0.39 is 0 Å². The lowest BCUT2D eigenvalue weighted by molar-refractivity contribution is 0.105. The van der Waals surface area contributed by atoms with E-state index in [0.717, 1.165) is 17.8 Å². The second-order valence-electron chi connectivity index (χ2n) is 6.41. The van der Waals surface area contributed by atoms with Crippen LogP contribution in [0.2, 0.25) is 0 Å². The van der Waals surface area contributed by atoms with Gasteiger partial charge in [0.05, 0.1) is 0 Å². The quantitative estimate of drug-likeness (QED) is 0.700. The third kappa shape index (κ3) is 2.55. The average Bonchev–Trinajstić information content (AvgIpc) is 2.17. The predicted octanol–water partition coefficient (Wildman–Crippen LogP) is 3.72. The molecule has 2 fully saturated rings. The Hall–Kier alpha value is -0.0400. The summed E-state index contributed by atoms with van der Waals surface area (Å²) in [7, 11) is 0. The Bertz CT molecular complexity index is 195. The number of rotatable bonds is 1. The minimum Gasteiger partial charge on any atom is -0.325 e. The SMILES string of the molecule is CC1CC(C)CC(C2(N)CCCCC2)C1. The van der Waals surface area contributed by atoms with Crippen molar-refractivity contribution in [2.45, 2.75) is 70.8 Å². The van der Waals surface area contributed by atoms with E-state index in [0.29, 0.717) is 0 Å². The Morgan fingerprint density at radius 3 is 1.93 bits per heavy atom. The van der Waals surface area contributed by atoms with Gasteiger partial charge in [0.1, 0.15) is 0 Å². The second kappa shape index (κ2) is 4.45. The molecule has 0 aromatic heterocycles. The van der Waals surface area contributed by atoms with E-state index in [9.17, 15) is 0 Å². The van der Waals surface area contributed by atoms with Crippen LogP contribution in [0.15, 0.2) is 0 Å². The molecular formula is C14H27N. The molecule has 0 bridgehead atoms. The zero-order valence-electron chi connectivity index (χ0n) is 10.5. The summed E-state index contributed by atoms with van der Waals surface area (Å²) < 4.78 is 0. The highest BCUT2D eigenvalue weighted by atomic mass is 14.8. The molecule has 2 unspecified atom stereocenters. The van der Waals surface area contributed by atoms with Crippen molar-refractivity contribution in [3.05, 3.63) is 0 Å². The molecule has 0 heterocycles. The van der Waals surface area contributed by atoms with E-state index in [1.807, 2.05) is 0 Å². The highest BCUT2D eigenvalue weighted by Crippen LogP contribution is 2.43. The van der Waals surface area contributed by atoms with Gasteiger partial charge in [0.25, 0.3) is 0 Å². The first-order chi connectivity index (χ1) is 7.10. The Morgan fingerprint density at radius 2 is 1.40 bits per heavy atom. The summed E-state index contributed by atoms with van der Waals surface area (Å²) in [4.78, 5) is 0. The smallest absolute Gasteiger partial charge is 0.0183 e. The molecule has 2 aliphatic rings. The number of hydrogen-bond donors (Lipinski definition) is 1. The van der Waals surface area contributed by atoms with Crippen LogP contribution in [0.25, 0.3) is 0 Å². The Kier molecular flexibility index (Phi) is 3.39. The van der Waals surface area contributed by atoms with E-state index >= 15 is 0 Å². The van der Waals surface area contributed by atoms with Crippen LogP contribution in [0.4, 0.5) is 0 Å². The summed E-state index contributed by atoms with van der Waals surface area (Å²) in [5.74, 6) is 2.62. The van der Waals surface area contributed by atoms with Crippen molar-refractivity contribution in [2.75, 3.05) is 0 Å². The molecule has 0 amide bonds. The standard InChI is InChI=1S/C14H27N/c1-11-8-12(2)10-13(9-11)14(15)6-4-3-5-7-14/h11-13H,3-10,15H2,1-2H3. The zero-order valence-corrected chi connectivity index (χ0v) is 10.5. The van der Waals surface area contributed by atoms with Gasteiger partial charge in [-0.1, -0.05) is 33.1 Å². The number of hydrogen-bond acceptors (Lipinski definition) is 1. The molecule has 0 aliphatic heterocycles. The summed E-state index contributed by atoms with van der Waals surface area (Å²) in [5, 5.41) is 0. The van der Waals surface area contributed by atoms with Crippen LogP contribution in [-0.2, 0) is 0 Å². The van der Waals surface area contributed by atoms with Crippen LogP contribution in [0, 0.1) is 17.8 Å². The van der Waals surface area contributed by atoms with Crippen molar-refractivity contribution in [3.63, 3.8) is 0 Å². The van der Waals surface area contributed by atoms with Crippen molar-refractivity contribution >= 4 is 0 Å². The zero-order chi connectivity index (χ0) is 10.9. The van der Waals surface area contributed by atoms with Gasteiger partial charge in [0, 0.05) is 5.54 Å². The first-order valence-electron chi connectivity index (χ1n) is 6.89. The molecule has 88 valence electrons. The van der Waals surface area contributed by atoms with Crippen LogP contribution < -0.4 is 5.73 Å². The minimum atomic E-state index is 0.210. The molecule has 2 atom stereocenters. The van der Waals surface area contributed by atoms with Crippen LogP contribution in [0.3, 0.4) is 0 Å². The largest absolute Gasteiger partial charge is 0.325 e. The van der Waals surface area contributed by atoms with Gasteiger partial charge in [0.2, 0.25) is 0 Å². The number of nitrogens with two attached hydrogens (primary N) is 1. The lowest BCUT2D eigenvalue weighted by Gasteiger charge is -2.45. The molecule has 0 radical (unpaired) electrons. The van der Waals surface area contributed by atoms with Crippen LogP contribution in [0.5, 0.6) is 0 Å². The first-order valence-corrected chi connectivity index (χ1v) is 6.89. The van der Waals surface area contributed by atoms with Crippen LogP contribution in [0.1, 0.15) is 65.2 Å². The van der Waals surface area contributed by atoms with E-state index in [1.165, 1.54) is 51.4 Å². The van der Waals surface area contributed by atoms with E-state index in [1.54, 1.807) is 0 Å². The Balaban J connectivity index is 2.01. The minimum absolute atomic E-state index is 0.210. The summed E-state index contributed by atoms with van der Waals surface area (Å²) in [6.45, 7) is 4.82. The topological polar surface area (TPSA) is 26.0 Å². The third-order valence-corrected chi connectivity index (χ3v) is 4.78. The van der Waals surface area contributed by atoms with Crippen molar-refractivity contribution in [1.82, 2.24) is 0 Å². The molecule has 2 N–H and O–H groups in total. The van der Waals surface area contributed by atoms with Crippen molar-refractivity contribution < 1.29 is 0 Å². The normalized spacial score (nSPS) is 41.4. The van der Waals surface area contributed by atoms with Crippen molar-refractivity contribution in [3.8, 4) is 0 Å². The van der Waals surface area contributed by atoms with Gasteiger partial charge >= 0.3 is 0 Å². The molecule has 2 saturated carbocycles. The first kappa shape index (κ1) is 11.4. The maximum absolute atomic E-state index is 6.66. The van der Waals surface area contributed by atoms with Gasteiger partial charge in [-0.3, -0.25) is 0 Å². The molecule has 0 aromatic rings. The monoisotopic (exact) mass is 209 g/mol. The predicted molar refractivity (Wildman–Crippen MR) is 65.7 cm³/mol. The molecule has 2 rings (SSSR count). The third-order valence-electron chi connectivity index (χ3n) is 4.78. The lowest BCUT2D eigenvalue weighted by Crippen LogP contribution is -2.50. The van der Waals surface area contributed by atoms with Crippen molar-refractivity contribution in [2.24, 2.45) is 23.5 Å². The summed E-state index contributed by atoms with van der Waals surface area (Å²) in [5.41, 5.74) is 6.87. The van der Waals surface area contributed by atoms with E-state index in [2.05, 4.69) is 13.8 Å². The van der Waals surface area contributed by atoms with E-state index in [-0.39, 0.29) is 5.54 Å². The van der Waals surface area contributed by atoms with Gasteiger partial charge in [-0.15, -0.1) is 0 Å². The van der Waals surface area contributed by atoms with Crippen LogP contribution in [-0.4, -0.2) is 5.54 Å². The second-order valence-corrected chi connectivity index (χ2v) is 6.41. The van der Waals surface area contributed by atoms with Crippen LogP contribution >= 0.6 is 0 Å². The lowest BCUT2D eigenvalue weighted by atomic mass is 9.64. The fourth-order valence-corrected chi connectivity index (χ4v) is 4.03. The molecular weight excluding hydrogens is 182 g/mol. The molecule has 0 aromatic carbocycles. The van der Waals surface area contributed by atoms with Gasteiger partial charge in [-0.05, 0) is 49.9 Å². The van der Waals surface area contributed by atoms with Gasteiger partial charge in [-0.2, -0.15) is 0 Å². The molecule has 0 saturated heterocycles. The Labute approximate surface area is 94.8 Å². The fourth-order valence-electron chi connectivity index (χ4n) is 4.03. The van der Waals surface area contributed by atoms with Gasteiger partial charge < -0.3 is 5.73 Å². The molecule has 1 nitrogen and oxygen atoms in total. The maximum Gasteiger partial charge on any atom is 0.0183 e. The molecule has 2 aliphatic carbocycles.